The Morgan fingerprint density at radius 3 is 2.91 bits per heavy atom. The van der Waals surface area contributed by atoms with E-state index in [2.05, 4.69) is 9.97 Å². The maximum Gasteiger partial charge on any atom is 0.246 e. The van der Waals surface area contributed by atoms with Crippen molar-refractivity contribution < 1.29 is 9.53 Å². The number of amides is 1. The molecule has 2 heterocycles. The summed E-state index contributed by atoms with van der Waals surface area (Å²) in [5.74, 6) is 0.510. The number of benzene rings is 1. The van der Waals surface area contributed by atoms with Gasteiger partial charge in [-0.2, -0.15) is 0 Å². The highest BCUT2D eigenvalue weighted by Gasteiger charge is 2.26. The molecule has 22 heavy (non-hydrogen) atoms. The molecule has 1 amide bonds. The lowest BCUT2D eigenvalue weighted by Gasteiger charge is -2.15. The van der Waals surface area contributed by atoms with Crippen LogP contribution in [0.4, 0.5) is 0 Å². The highest BCUT2D eigenvalue weighted by Crippen LogP contribution is 2.16. The normalized spacial score (nSPS) is 17.8. The molecule has 0 bridgehead atoms. The molecule has 1 aliphatic rings. The summed E-state index contributed by atoms with van der Waals surface area (Å²) < 4.78 is 5.73. The molecule has 5 nitrogen and oxygen atoms in total. The second-order valence-corrected chi connectivity index (χ2v) is 5.10. The standard InChI is InChI=1S/C17H17N3O2/c21-17(7-6-14-4-2-1-3-5-14)20-11-8-15(13-20)22-16-12-18-9-10-19-16/h1-7,9-10,12,15H,8,11,13H2/b7-6+. The second-order valence-electron chi connectivity index (χ2n) is 5.10. The fourth-order valence-corrected chi connectivity index (χ4v) is 2.38. The van der Waals surface area contributed by atoms with Crippen molar-refractivity contribution in [2.45, 2.75) is 12.5 Å². The van der Waals surface area contributed by atoms with E-state index in [1.807, 2.05) is 36.4 Å². The first kappa shape index (κ1) is 14.3. The van der Waals surface area contributed by atoms with Gasteiger partial charge in [0.15, 0.2) is 0 Å². The Kier molecular flexibility index (Phi) is 4.44. The molecule has 112 valence electrons. The fraction of sp³-hybridized carbons (Fsp3) is 0.235. The zero-order valence-electron chi connectivity index (χ0n) is 12.1. The van der Waals surface area contributed by atoms with Gasteiger partial charge in [-0.15, -0.1) is 0 Å². The Balaban J connectivity index is 1.54. The molecule has 0 aliphatic carbocycles. The fourth-order valence-electron chi connectivity index (χ4n) is 2.38. The lowest BCUT2D eigenvalue weighted by Crippen LogP contribution is -2.29. The van der Waals surface area contributed by atoms with E-state index in [0.29, 0.717) is 19.0 Å². The predicted octanol–water partition coefficient (Wildman–Crippen LogP) is 2.17. The van der Waals surface area contributed by atoms with Crippen LogP contribution in [0, 0.1) is 0 Å². The van der Waals surface area contributed by atoms with Crippen molar-refractivity contribution >= 4 is 12.0 Å². The average molecular weight is 295 g/mol. The van der Waals surface area contributed by atoms with Crippen LogP contribution in [0.1, 0.15) is 12.0 Å². The van der Waals surface area contributed by atoms with E-state index in [-0.39, 0.29) is 12.0 Å². The lowest BCUT2D eigenvalue weighted by molar-refractivity contribution is -0.125. The van der Waals surface area contributed by atoms with Crippen molar-refractivity contribution in [3.63, 3.8) is 0 Å². The van der Waals surface area contributed by atoms with E-state index in [0.717, 1.165) is 12.0 Å². The number of rotatable bonds is 4. The van der Waals surface area contributed by atoms with Crippen molar-refractivity contribution in [2.75, 3.05) is 13.1 Å². The molecule has 1 saturated heterocycles. The van der Waals surface area contributed by atoms with E-state index in [9.17, 15) is 4.79 Å². The molecular formula is C17H17N3O2. The van der Waals surface area contributed by atoms with Crippen LogP contribution in [-0.2, 0) is 4.79 Å². The van der Waals surface area contributed by atoms with Gasteiger partial charge in [0.2, 0.25) is 11.8 Å². The van der Waals surface area contributed by atoms with Gasteiger partial charge in [-0.05, 0) is 11.6 Å². The van der Waals surface area contributed by atoms with E-state index in [4.69, 9.17) is 4.74 Å². The topological polar surface area (TPSA) is 55.3 Å². The van der Waals surface area contributed by atoms with Gasteiger partial charge in [0, 0.05) is 31.4 Å². The number of aromatic nitrogens is 2. The summed E-state index contributed by atoms with van der Waals surface area (Å²) in [5.41, 5.74) is 1.02. The number of carbonyl (C=O) groups is 1. The second kappa shape index (κ2) is 6.85. The minimum Gasteiger partial charge on any atom is -0.471 e. The Hall–Kier alpha value is -2.69. The van der Waals surface area contributed by atoms with Crippen LogP contribution in [0.15, 0.2) is 55.0 Å². The molecule has 1 aliphatic heterocycles. The SMILES string of the molecule is O=C(/C=C/c1ccccc1)N1CCC(Oc2cnccn2)C1. The average Bonchev–Trinajstić information content (AvgIpc) is 3.03. The Morgan fingerprint density at radius 1 is 1.27 bits per heavy atom. The molecule has 5 heteroatoms. The van der Waals surface area contributed by atoms with Crippen molar-refractivity contribution in [3.8, 4) is 5.88 Å². The summed E-state index contributed by atoms with van der Waals surface area (Å²) in [5, 5.41) is 0. The van der Waals surface area contributed by atoms with E-state index in [1.165, 1.54) is 0 Å². The van der Waals surface area contributed by atoms with Gasteiger partial charge in [0.05, 0.1) is 12.7 Å². The minimum atomic E-state index is -0.0224. The third-order valence-electron chi connectivity index (χ3n) is 3.50. The third-order valence-corrected chi connectivity index (χ3v) is 3.50. The van der Waals surface area contributed by atoms with Crippen molar-refractivity contribution in [1.29, 1.82) is 0 Å². The van der Waals surface area contributed by atoms with Crippen LogP contribution in [-0.4, -0.2) is 40.0 Å². The van der Waals surface area contributed by atoms with Gasteiger partial charge in [-0.3, -0.25) is 9.78 Å². The molecule has 1 fully saturated rings. The highest BCUT2D eigenvalue weighted by molar-refractivity contribution is 5.91. The molecule has 1 atom stereocenters. The van der Waals surface area contributed by atoms with Crippen LogP contribution in [0.5, 0.6) is 5.88 Å². The molecule has 0 saturated carbocycles. The van der Waals surface area contributed by atoms with E-state index < -0.39 is 0 Å². The Labute approximate surface area is 129 Å². The van der Waals surface area contributed by atoms with Crippen molar-refractivity contribution in [3.05, 3.63) is 60.6 Å². The summed E-state index contributed by atoms with van der Waals surface area (Å²) in [7, 11) is 0. The largest absolute Gasteiger partial charge is 0.471 e. The minimum absolute atomic E-state index is 0.00842. The monoisotopic (exact) mass is 295 g/mol. The van der Waals surface area contributed by atoms with Gasteiger partial charge in [0.25, 0.3) is 0 Å². The number of hydrogen-bond acceptors (Lipinski definition) is 4. The molecule has 0 N–H and O–H groups in total. The quantitative estimate of drug-likeness (QED) is 0.811. The number of ether oxygens (including phenoxy) is 1. The summed E-state index contributed by atoms with van der Waals surface area (Å²) >= 11 is 0. The molecule has 1 aromatic carbocycles. The summed E-state index contributed by atoms with van der Waals surface area (Å²) in [4.78, 5) is 22.0. The Morgan fingerprint density at radius 2 is 2.14 bits per heavy atom. The number of likely N-dealkylation sites (tertiary alicyclic amines) is 1. The van der Waals surface area contributed by atoms with Gasteiger partial charge in [0.1, 0.15) is 6.10 Å². The van der Waals surface area contributed by atoms with Crippen LogP contribution in [0.25, 0.3) is 6.08 Å². The number of nitrogens with zero attached hydrogens (tertiary/aromatic N) is 3. The lowest BCUT2D eigenvalue weighted by atomic mass is 10.2. The maximum atomic E-state index is 12.2. The summed E-state index contributed by atoms with van der Waals surface area (Å²) in [6.45, 7) is 1.28. The summed E-state index contributed by atoms with van der Waals surface area (Å²) in [6, 6.07) is 9.78. The van der Waals surface area contributed by atoms with Gasteiger partial charge >= 0.3 is 0 Å². The van der Waals surface area contributed by atoms with Crippen LogP contribution < -0.4 is 4.74 Å². The van der Waals surface area contributed by atoms with Crippen LogP contribution in [0.2, 0.25) is 0 Å². The predicted molar refractivity (Wildman–Crippen MR) is 83.1 cm³/mol. The van der Waals surface area contributed by atoms with Gasteiger partial charge in [-0.25, -0.2) is 4.98 Å². The van der Waals surface area contributed by atoms with Gasteiger partial charge < -0.3 is 9.64 Å². The smallest absolute Gasteiger partial charge is 0.246 e. The highest BCUT2D eigenvalue weighted by atomic mass is 16.5. The number of carbonyl (C=O) groups excluding carboxylic acids is 1. The summed E-state index contributed by atoms with van der Waals surface area (Å²) in [6.07, 6.45) is 9.01. The molecule has 3 rings (SSSR count). The zero-order chi connectivity index (χ0) is 15.2. The third kappa shape index (κ3) is 3.69. The molecule has 0 spiro atoms. The van der Waals surface area contributed by atoms with E-state index in [1.54, 1.807) is 29.6 Å². The first-order valence-electron chi connectivity index (χ1n) is 7.26. The van der Waals surface area contributed by atoms with Crippen molar-refractivity contribution in [1.82, 2.24) is 14.9 Å². The van der Waals surface area contributed by atoms with Crippen LogP contribution in [0.3, 0.4) is 0 Å². The zero-order valence-corrected chi connectivity index (χ0v) is 12.1. The Bertz CT molecular complexity index is 643. The molecular weight excluding hydrogens is 278 g/mol. The van der Waals surface area contributed by atoms with Gasteiger partial charge in [-0.1, -0.05) is 30.3 Å². The molecule has 1 unspecified atom stereocenters. The molecule has 2 aromatic rings. The maximum absolute atomic E-state index is 12.2. The first-order valence-corrected chi connectivity index (χ1v) is 7.26. The molecule has 0 radical (unpaired) electrons. The van der Waals surface area contributed by atoms with Crippen LogP contribution >= 0.6 is 0 Å². The molecule has 1 aromatic heterocycles. The van der Waals surface area contributed by atoms with E-state index >= 15 is 0 Å². The van der Waals surface area contributed by atoms with Crippen molar-refractivity contribution in [2.24, 2.45) is 0 Å². The number of hydrogen-bond donors (Lipinski definition) is 0. The first-order chi connectivity index (χ1) is 10.8.